The van der Waals surface area contributed by atoms with Gasteiger partial charge in [-0.25, -0.2) is 0 Å². The van der Waals surface area contributed by atoms with E-state index in [-0.39, 0.29) is 12.0 Å². The van der Waals surface area contributed by atoms with Gasteiger partial charge < -0.3 is 20.1 Å². The van der Waals surface area contributed by atoms with E-state index in [4.69, 9.17) is 4.74 Å². The lowest BCUT2D eigenvalue weighted by Crippen LogP contribution is -2.44. The first-order valence-electron chi connectivity index (χ1n) is 12.6. The zero-order valence-electron chi connectivity index (χ0n) is 19.5. The predicted octanol–water partition coefficient (Wildman–Crippen LogP) is 3.90. The normalized spacial score (nSPS) is 27.4. The number of carbonyl (C=O) groups excluding carboxylic acids is 1. The summed E-state index contributed by atoms with van der Waals surface area (Å²) in [5.41, 5.74) is 6.05. The zero-order valence-corrected chi connectivity index (χ0v) is 19.5. The Morgan fingerprint density at radius 2 is 1.82 bits per heavy atom. The minimum absolute atomic E-state index is 0.198. The number of likely N-dealkylation sites (tertiary alicyclic amines) is 1. The summed E-state index contributed by atoms with van der Waals surface area (Å²) in [6.07, 6.45) is 5.05. The summed E-state index contributed by atoms with van der Waals surface area (Å²) >= 11 is 0. The van der Waals surface area contributed by atoms with Crippen LogP contribution in [0.3, 0.4) is 0 Å². The summed E-state index contributed by atoms with van der Waals surface area (Å²) in [4.78, 5) is 26.2. The smallest absolute Gasteiger partial charge is 0.312 e. The maximum Gasteiger partial charge on any atom is 0.312 e. The maximum atomic E-state index is 12.7. The first kappa shape index (κ1) is 21.8. The van der Waals surface area contributed by atoms with E-state index in [0.29, 0.717) is 24.4 Å². The molecule has 1 amide bonds. The molecule has 6 heteroatoms. The van der Waals surface area contributed by atoms with Gasteiger partial charge in [-0.15, -0.1) is 0 Å². The topological polar surface area (TPSA) is 78.9 Å². The predicted molar refractivity (Wildman–Crippen MR) is 129 cm³/mol. The number of nitrogens with one attached hydrogen (secondary N) is 1. The summed E-state index contributed by atoms with van der Waals surface area (Å²) in [6.45, 7) is 3.63. The minimum Gasteiger partial charge on any atom is -0.481 e. The highest BCUT2D eigenvalue weighted by molar-refractivity contribution is 5.81. The third kappa shape index (κ3) is 3.83. The van der Waals surface area contributed by atoms with Crippen molar-refractivity contribution in [2.24, 2.45) is 5.41 Å². The Balaban J connectivity index is 1.11. The lowest BCUT2D eigenvalue weighted by atomic mass is 9.87. The molecule has 34 heavy (non-hydrogen) atoms. The third-order valence-electron chi connectivity index (χ3n) is 8.59. The molecular weight excluding hydrogens is 428 g/mol. The quantitative estimate of drug-likeness (QED) is 0.724. The molecule has 3 fully saturated rings. The molecule has 3 heterocycles. The Kier molecular flexibility index (Phi) is 5.46. The second-order valence-electron chi connectivity index (χ2n) is 10.5. The van der Waals surface area contributed by atoms with E-state index in [1.54, 1.807) is 0 Å². The molecule has 2 aromatic rings. The van der Waals surface area contributed by atoms with E-state index in [2.05, 4.69) is 41.7 Å². The Bertz CT molecular complexity index is 1100. The maximum absolute atomic E-state index is 12.7. The molecule has 0 aromatic heterocycles. The lowest BCUT2D eigenvalue weighted by Gasteiger charge is -2.34. The molecule has 3 atom stereocenters. The number of fused-ring (bicyclic) bond motifs is 1. The first-order valence-corrected chi connectivity index (χ1v) is 12.6. The van der Waals surface area contributed by atoms with E-state index in [0.717, 1.165) is 67.6 Å². The molecular formula is C28H32N2O4. The fourth-order valence-corrected chi connectivity index (χ4v) is 6.39. The molecule has 3 aliphatic heterocycles. The Hall–Kier alpha value is -2.70. The highest BCUT2D eigenvalue weighted by atomic mass is 16.5. The number of benzene rings is 2. The van der Waals surface area contributed by atoms with Crippen LogP contribution in [-0.4, -0.2) is 54.2 Å². The molecule has 2 N–H and O–H groups in total. The molecule has 1 spiro atoms. The van der Waals surface area contributed by atoms with Crippen LogP contribution in [0.4, 0.5) is 0 Å². The van der Waals surface area contributed by atoms with Gasteiger partial charge in [-0.2, -0.15) is 0 Å². The first-order chi connectivity index (χ1) is 16.5. The lowest BCUT2D eigenvalue weighted by molar-refractivity contribution is -0.142. The number of hydrogen-bond acceptors (Lipinski definition) is 4. The highest BCUT2D eigenvalue weighted by Gasteiger charge is 2.55. The SMILES string of the molecule is O=C(O)C1CNCc2cc(-c3ccc([C@@H]4CC45CCN(C(=O)[C@H]4CCCO4)CC5)cc3)ccc21. The van der Waals surface area contributed by atoms with Crippen LogP contribution < -0.4 is 5.32 Å². The Morgan fingerprint density at radius 3 is 2.53 bits per heavy atom. The molecule has 6 nitrogen and oxygen atoms in total. The molecule has 0 bridgehead atoms. The number of hydrogen-bond donors (Lipinski definition) is 2. The van der Waals surface area contributed by atoms with Gasteiger partial charge in [0, 0.05) is 32.8 Å². The summed E-state index contributed by atoms with van der Waals surface area (Å²) in [5, 5.41) is 12.7. The monoisotopic (exact) mass is 460 g/mol. The molecule has 2 aromatic carbocycles. The molecule has 2 saturated heterocycles. The van der Waals surface area contributed by atoms with Crippen LogP contribution in [0.1, 0.15) is 60.6 Å². The van der Waals surface area contributed by atoms with E-state index in [9.17, 15) is 14.7 Å². The molecule has 0 radical (unpaired) electrons. The molecule has 6 rings (SSSR count). The Labute approximate surface area is 200 Å². The van der Waals surface area contributed by atoms with E-state index < -0.39 is 11.9 Å². The van der Waals surface area contributed by atoms with E-state index in [1.807, 2.05) is 11.0 Å². The number of rotatable bonds is 4. The van der Waals surface area contributed by atoms with Crippen LogP contribution in [0.2, 0.25) is 0 Å². The van der Waals surface area contributed by atoms with Gasteiger partial charge >= 0.3 is 5.97 Å². The number of nitrogens with zero attached hydrogens (tertiary/aromatic N) is 1. The van der Waals surface area contributed by atoms with Crippen molar-refractivity contribution in [2.75, 3.05) is 26.2 Å². The van der Waals surface area contributed by atoms with Gasteiger partial charge in [0.15, 0.2) is 0 Å². The van der Waals surface area contributed by atoms with Crippen molar-refractivity contribution in [3.8, 4) is 11.1 Å². The number of carbonyl (C=O) groups is 2. The van der Waals surface area contributed by atoms with Crippen molar-refractivity contribution < 1.29 is 19.4 Å². The fraction of sp³-hybridized carbons (Fsp3) is 0.500. The molecule has 1 unspecified atom stereocenters. The van der Waals surface area contributed by atoms with Crippen LogP contribution >= 0.6 is 0 Å². The van der Waals surface area contributed by atoms with Crippen LogP contribution in [-0.2, 0) is 20.9 Å². The number of ether oxygens (including phenoxy) is 1. The summed E-state index contributed by atoms with van der Waals surface area (Å²) in [5.74, 6) is -0.459. The van der Waals surface area contributed by atoms with E-state index in [1.165, 1.54) is 12.0 Å². The van der Waals surface area contributed by atoms with Gasteiger partial charge in [0.05, 0.1) is 5.92 Å². The number of carboxylic acids is 1. The van der Waals surface area contributed by atoms with Gasteiger partial charge in [-0.05, 0) is 77.3 Å². The van der Waals surface area contributed by atoms with Crippen molar-refractivity contribution in [2.45, 2.75) is 56.6 Å². The molecule has 1 saturated carbocycles. The number of carboxylic acid groups (broad SMARTS) is 1. The van der Waals surface area contributed by atoms with Crippen LogP contribution in [0.25, 0.3) is 11.1 Å². The van der Waals surface area contributed by atoms with Gasteiger partial charge in [-0.1, -0.05) is 36.4 Å². The van der Waals surface area contributed by atoms with Crippen molar-refractivity contribution in [3.63, 3.8) is 0 Å². The molecule has 4 aliphatic rings. The highest BCUT2D eigenvalue weighted by Crippen LogP contribution is 2.65. The third-order valence-corrected chi connectivity index (χ3v) is 8.59. The molecule has 178 valence electrons. The second-order valence-corrected chi connectivity index (χ2v) is 10.5. The average molecular weight is 461 g/mol. The minimum atomic E-state index is -0.772. The second kappa shape index (κ2) is 8.51. The largest absolute Gasteiger partial charge is 0.481 e. The van der Waals surface area contributed by atoms with Crippen LogP contribution in [0, 0.1) is 5.41 Å². The summed E-state index contributed by atoms with van der Waals surface area (Å²) in [7, 11) is 0. The van der Waals surface area contributed by atoms with Gasteiger partial charge in [0.1, 0.15) is 6.10 Å². The van der Waals surface area contributed by atoms with Crippen molar-refractivity contribution in [1.82, 2.24) is 10.2 Å². The summed E-state index contributed by atoms with van der Waals surface area (Å²) in [6, 6.07) is 15.1. The average Bonchev–Trinajstić information content (AvgIpc) is 3.28. The van der Waals surface area contributed by atoms with Crippen molar-refractivity contribution >= 4 is 11.9 Å². The fourth-order valence-electron chi connectivity index (χ4n) is 6.39. The zero-order chi connectivity index (χ0) is 23.3. The number of aliphatic carboxylic acids is 1. The molecule has 1 aliphatic carbocycles. The van der Waals surface area contributed by atoms with Crippen molar-refractivity contribution in [1.29, 1.82) is 0 Å². The van der Waals surface area contributed by atoms with Gasteiger partial charge in [-0.3, -0.25) is 9.59 Å². The van der Waals surface area contributed by atoms with Gasteiger partial charge in [0.25, 0.3) is 5.91 Å². The van der Waals surface area contributed by atoms with Gasteiger partial charge in [0.2, 0.25) is 0 Å². The number of amides is 1. The standard InChI is InChI=1S/C28H32N2O4/c31-26(25-2-1-13-34-25)30-11-9-28(10-12-30)15-24(28)19-5-3-18(4-6-19)20-7-8-22-21(14-20)16-29-17-23(22)27(32)33/h3-8,14,23-25,29H,1-2,9-13,15-17H2,(H,32,33)/t23?,24-,25+/m0/s1. The number of piperidine rings is 1. The van der Waals surface area contributed by atoms with Crippen LogP contribution in [0.5, 0.6) is 0 Å². The van der Waals surface area contributed by atoms with Crippen LogP contribution in [0.15, 0.2) is 42.5 Å². The van der Waals surface area contributed by atoms with Crippen molar-refractivity contribution in [3.05, 3.63) is 59.2 Å². The Morgan fingerprint density at radius 1 is 1.06 bits per heavy atom. The summed E-state index contributed by atoms with van der Waals surface area (Å²) < 4.78 is 5.60. The van der Waals surface area contributed by atoms with E-state index >= 15 is 0 Å².